The standard InChI is InChI=1S/C23H27N3O5S/c1-26-12-15(13-26)14-31-19-11-16(10-17-21(19)24-22(27)23(17)8-5-9-23)25-32(28,29)20-7-4-3-6-18(20)30-2/h3-4,6-7,10-11,15,25H,5,8-9,12-14H2,1-2H3,(H,24,27). The van der Waals surface area contributed by atoms with Crippen molar-refractivity contribution in [3.05, 3.63) is 42.0 Å². The van der Waals surface area contributed by atoms with Crippen LogP contribution in [0.4, 0.5) is 11.4 Å². The average molecular weight is 458 g/mol. The molecule has 0 bridgehead atoms. The number of ether oxygens (including phenoxy) is 2. The molecule has 0 atom stereocenters. The van der Waals surface area contributed by atoms with Crippen LogP contribution in [0.2, 0.25) is 0 Å². The number of carbonyl (C=O) groups excluding carboxylic acids is 1. The first-order valence-electron chi connectivity index (χ1n) is 10.8. The molecular formula is C23H27N3O5S. The van der Waals surface area contributed by atoms with Gasteiger partial charge in [0.2, 0.25) is 5.91 Å². The van der Waals surface area contributed by atoms with Crippen molar-refractivity contribution < 1.29 is 22.7 Å². The van der Waals surface area contributed by atoms with Gasteiger partial charge in [-0.3, -0.25) is 9.52 Å². The molecule has 9 heteroatoms. The quantitative estimate of drug-likeness (QED) is 0.664. The molecule has 0 radical (unpaired) electrons. The molecule has 3 aliphatic rings. The molecule has 2 N–H and O–H groups in total. The minimum atomic E-state index is -3.90. The van der Waals surface area contributed by atoms with Crippen molar-refractivity contribution in [2.24, 2.45) is 5.92 Å². The molecule has 1 aliphatic carbocycles. The van der Waals surface area contributed by atoms with Crippen molar-refractivity contribution in [2.75, 3.05) is 43.9 Å². The molecule has 1 spiro atoms. The van der Waals surface area contributed by atoms with Crippen LogP contribution in [0.1, 0.15) is 24.8 Å². The van der Waals surface area contributed by atoms with E-state index in [1.54, 1.807) is 30.3 Å². The van der Waals surface area contributed by atoms with E-state index in [9.17, 15) is 13.2 Å². The number of amides is 1. The first-order valence-corrected chi connectivity index (χ1v) is 12.3. The van der Waals surface area contributed by atoms with E-state index in [1.165, 1.54) is 13.2 Å². The molecule has 2 heterocycles. The second-order valence-electron chi connectivity index (χ2n) is 8.94. The van der Waals surface area contributed by atoms with Crippen molar-refractivity contribution in [3.8, 4) is 11.5 Å². The number of fused-ring (bicyclic) bond motifs is 2. The molecule has 32 heavy (non-hydrogen) atoms. The number of sulfonamides is 1. The molecule has 1 saturated carbocycles. The first-order chi connectivity index (χ1) is 15.3. The average Bonchev–Trinajstić information content (AvgIpc) is 3.02. The summed E-state index contributed by atoms with van der Waals surface area (Å²) in [5, 5.41) is 3.00. The van der Waals surface area contributed by atoms with Crippen LogP contribution in [-0.2, 0) is 20.2 Å². The number of carbonyl (C=O) groups is 1. The van der Waals surface area contributed by atoms with E-state index in [2.05, 4.69) is 22.0 Å². The molecule has 2 aromatic carbocycles. The topological polar surface area (TPSA) is 97.0 Å². The fraction of sp³-hybridized carbons (Fsp3) is 0.435. The lowest BCUT2D eigenvalue weighted by atomic mass is 9.65. The normalized spacial score (nSPS) is 19.6. The Kier molecular flexibility index (Phi) is 5.05. The summed E-state index contributed by atoms with van der Waals surface area (Å²) in [5.41, 5.74) is 1.27. The number of methoxy groups -OCH3 is 1. The lowest BCUT2D eigenvalue weighted by Gasteiger charge is -2.36. The van der Waals surface area contributed by atoms with E-state index in [0.717, 1.165) is 37.9 Å². The van der Waals surface area contributed by atoms with Gasteiger partial charge in [0.15, 0.2) is 0 Å². The lowest BCUT2D eigenvalue weighted by molar-refractivity contribution is -0.123. The summed E-state index contributed by atoms with van der Waals surface area (Å²) in [6.45, 7) is 2.43. The molecule has 2 fully saturated rings. The molecule has 170 valence electrons. The van der Waals surface area contributed by atoms with Crippen LogP contribution in [0.15, 0.2) is 41.3 Å². The summed E-state index contributed by atoms with van der Waals surface area (Å²) in [5.74, 6) is 1.15. The third-order valence-corrected chi connectivity index (χ3v) is 8.14. The maximum Gasteiger partial charge on any atom is 0.265 e. The summed E-state index contributed by atoms with van der Waals surface area (Å²) in [7, 11) is -0.411. The van der Waals surface area contributed by atoms with Crippen LogP contribution in [-0.4, -0.2) is 53.1 Å². The summed E-state index contributed by atoms with van der Waals surface area (Å²) in [4.78, 5) is 15.1. The minimum absolute atomic E-state index is 0.0308. The van der Waals surface area contributed by atoms with Gasteiger partial charge in [-0.2, -0.15) is 0 Å². The maximum absolute atomic E-state index is 13.1. The summed E-state index contributed by atoms with van der Waals surface area (Å²) in [6, 6.07) is 9.89. The second-order valence-corrected chi connectivity index (χ2v) is 10.6. The van der Waals surface area contributed by atoms with Gasteiger partial charge in [0, 0.05) is 25.1 Å². The Bertz CT molecular complexity index is 1170. The van der Waals surface area contributed by atoms with Crippen LogP contribution in [0, 0.1) is 5.92 Å². The smallest absolute Gasteiger partial charge is 0.265 e. The van der Waals surface area contributed by atoms with Gasteiger partial charge in [-0.05, 0) is 43.7 Å². The minimum Gasteiger partial charge on any atom is -0.495 e. The van der Waals surface area contributed by atoms with Gasteiger partial charge in [0.05, 0.1) is 30.5 Å². The molecule has 1 amide bonds. The van der Waals surface area contributed by atoms with Crippen LogP contribution >= 0.6 is 0 Å². The number of para-hydroxylation sites is 1. The first kappa shape index (κ1) is 21.1. The zero-order chi connectivity index (χ0) is 22.5. The highest BCUT2D eigenvalue weighted by atomic mass is 32.2. The number of likely N-dealkylation sites (tertiary alicyclic amines) is 1. The molecule has 0 unspecified atom stereocenters. The SMILES string of the molecule is COc1ccccc1S(=O)(=O)Nc1cc(OCC2CN(C)C2)c2c(c1)C1(CCC1)C(=O)N2. The van der Waals surface area contributed by atoms with Crippen molar-refractivity contribution in [3.63, 3.8) is 0 Å². The van der Waals surface area contributed by atoms with Crippen LogP contribution in [0.5, 0.6) is 11.5 Å². The molecule has 2 aliphatic heterocycles. The molecule has 2 aromatic rings. The third kappa shape index (κ3) is 3.40. The van der Waals surface area contributed by atoms with Gasteiger partial charge in [-0.15, -0.1) is 0 Å². The van der Waals surface area contributed by atoms with Crippen LogP contribution < -0.4 is 19.5 Å². The number of benzene rings is 2. The Morgan fingerprint density at radius 3 is 2.59 bits per heavy atom. The van der Waals surface area contributed by atoms with Gasteiger partial charge in [-0.25, -0.2) is 8.42 Å². The maximum atomic E-state index is 13.1. The molecular weight excluding hydrogens is 430 g/mol. The predicted molar refractivity (Wildman–Crippen MR) is 121 cm³/mol. The Morgan fingerprint density at radius 1 is 1.19 bits per heavy atom. The fourth-order valence-corrected chi connectivity index (χ4v) is 6.08. The Labute approximate surface area is 187 Å². The summed E-state index contributed by atoms with van der Waals surface area (Å²) < 4.78 is 40.3. The monoisotopic (exact) mass is 457 g/mol. The van der Waals surface area contributed by atoms with E-state index in [4.69, 9.17) is 9.47 Å². The van der Waals surface area contributed by atoms with E-state index in [1.807, 2.05) is 0 Å². The van der Waals surface area contributed by atoms with Crippen LogP contribution in [0.25, 0.3) is 0 Å². The van der Waals surface area contributed by atoms with Gasteiger partial charge >= 0.3 is 0 Å². The summed E-state index contributed by atoms with van der Waals surface area (Å²) in [6.07, 6.45) is 2.47. The zero-order valence-corrected chi connectivity index (χ0v) is 19.0. The highest BCUT2D eigenvalue weighted by molar-refractivity contribution is 7.92. The lowest BCUT2D eigenvalue weighted by Crippen LogP contribution is -2.46. The highest BCUT2D eigenvalue weighted by Crippen LogP contribution is 2.54. The van der Waals surface area contributed by atoms with Gasteiger partial charge < -0.3 is 19.7 Å². The largest absolute Gasteiger partial charge is 0.495 e. The molecule has 5 rings (SSSR count). The van der Waals surface area contributed by atoms with Gasteiger partial charge in [-0.1, -0.05) is 18.6 Å². The summed E-state index contributed by atoms with van der Waals surface area (Å²) >= 11 is 0. The number of rotatable bonds is 7. The number of nitrogens with one attached hydrogen (secondary N) is 2. The fourth-order valence-electron chi connectivity index (χ4n) is 4.87. The number of hydrogen-bond donors (Lipinski definition) is 2. The van der Waals surface area contributed by atoms with Gasteiger partial charge in [0.25, 0.3) is 10.0 Å². The highest BCUT2D eigenvalue weighted by Gasteiger charge is 2.52. The molecule has 8 nitrogen and oxygen atoms in total. The second kappa shape index (κ2) is 7.67. The number of anilines is 2. The Hall–Kier alpha value is -2.78. The Morgan fingerprint density at radius 2 is 1.94 bits per heavy atom. The van der Waals surface area contributed by atoms with Crippen molar-refractivity contribution in [1.82, 2.24) is 4.90 Å². The predicted octanol–water partition coefficient (Wildman–Crippen LogP) is 2.81. The van der Waals surface area contributed by atoms with Crippen LogP contribution in [0.3, 0.4) is 0 Å². The van der Waals surface area contributed by atoms with Crippen molar-refractivity contribution in [2.45, 2.75) is 29.6 Å². The van der Waals surface area contributed by atoms with E-state index < -0.39 is 15.4 Å². The molecule has 1 saturated heterocycles. The zero-order valence-electron chi connectivity index (χ0n) is 18.2. The van der Waals surface area contributed by atoms with E-state index >= 15 is 0 Å². The van der Waals surface area contributed by atoms with Crippen molar-refractivity contribution >= 4 is 27.3 Å². The Balaban J connectivity index is 1.50. The molecule has 0 aromatic heterocycles. The third-order valence-electron chi connectivity index (χ3n) is 6.72. The number of nitrogens with zero attached hydrogens (tertiary/aromatic N) is 1. The van der Waals surface area contributed by atoms with Gasteiger partial charge in [0.1, 0.15) is 16.4 Å². The number of hydrogen-bond acceptors (Lipinski definition) is 6. The van der Waals surface area contributed by atoms with E-state index in [-0.39, 0.29) is 16.6 Å². The van der Waals surface area contributed by atoms with Crippen molar-refractivity contribution in [1.29, 1.82) is 0 Å². The van der Waals surface area contributed by atoms with E-state index in [0.29, 0.717) is 29.6 Å².